The first-order chi connectivity index (χ1) is 16.0. The molecule has 2 aliphatic rings. The first-order valence-electron chi connectivity index (χ1n) is 11.2. The minimum Gasteiger partial charge on any atom is -0.487 e. The molecular formula is C25H30N2O6. The van der Waals surface area contributed by atoms with E-state index in [1.54, 1.807) is 6.07 Å². The van der Waals surface area contributed by atoms with Crippen LogP contribution in [0, 0.1) is 0 Å². The minimum atomic E-state index is -0.535. The maximum absolute atomic E-state index is 12.7. The highest BCUT2D eigenvalue weighted by molar-refractivity contribution is 5.92. The van der Waals surface area contributed by atoms with E-state index in [4.69, 9.17) is 14.2 Å². The summed E-state index contributed by atoms with van der Waals surface area (Å²) in [6.45, 7) is 1.71. The van der Waals surface area contributed by atoms with Gasteiger partial charge in [0.15, 0.2) is 0 Å². The summed E-state index contributed by atoms with van der Waals surface area (Å²) in [6.07, 6.45) is -0.454. The van der Waals surface area contributed by atoms with Gasteiger partial charge in [0.2, 0.25) is 11.8 Å². The molecule has 0 aliphatic carbocycles. The van der Waals surface area contributed by atoms with Crippen molar-refractivity contribution in [2.45, 2.75) is 50.0 Å². The number of carbonyl (C=O) groups is 2. The Bertz CT molecular complexity index is 982. The van der Waals surface area contributed by atoms with Gasteiger partial charge in [-0.15, -0.1) is 0 Å². The second kappa shape index (κ2) is 10.3. The number of hydrogen-bond acceptors (Lipinski definition) is 6. The van der Waals surface area contributed by atoms with Crippen LogP contribution in [0.2, 0.25) is 0 Å². The Morgan fingerprint density at radius 2 is 1.97 bits per heavy atom. The fraction of sp³-hybridized carbons (Fsp3) is 0.440. The van der Waals surface area contributed by atoms with Crippen molar-refractivity contribution in [2.75, 3.05) is 25.6 Å². The Kier molecular flexibility index (Phi) is 7.27. The molecule has 2 aliphatic heterocycles. The number of fused-ring (bicyclic) bond motifs is 3. The van der Waals surface area contributed by atoms with E-state index in [0.717, 1.165) is 11.1 Å². The zero-order valence-electron chi connectivity index (χ0n) is 18.8. The third-order valence-corrected chi connectivity index (χ3v) is 6.15. The second-order valence-electron chi connectivity index (χ2n) is 8.54. The summed E-state index contributed by atoms with van der Waals surface area (Å²) in [7, 11) is 1.47. The minimum absolute atomic E-state index is 0.0291. The first kappa shape index (κ1) is 23.2. The van der Waals surface area contributed by atoms with E-state index < -0.39 is 6.10 Å². The lowest BCUT2D eigenvalue weighted by Gasteiger charge is -2.37. The van der Waals surface area contributed by atoms with Crippen LogP contribution in [-0.2, 0) is 19.1 Å². The van der Waals surface area contributed by atoms with E-state index in [0.29, 0.717) is 17.9 Å². The van der Waals surface area contributed by atoms with Gasteiger partial charge in [0.25, 0.3) is 0 Å². The molecule has 2 heterocycles. The monoisotopic (exact) mass is 454 g/mol. The number of rotatable bonds is 8. The molecule has 0 unspecified atom stereocenters. The van der Waals surface area contributed by atoms with Gasteiger partial charge in [-0.1, -0.05) is 30.3 Å². The zero-order valence-corrected chi connectivity index (χ0v) is 18.8. The molecule has 3 N–H and O–H groups in total. The average Bonchev–Trinajstić information content (AvgIpc) is 3.17. The van der Waals surface area contributed by atoms with Crippen molar-refractivity contribution in [3.8, 4) is 5.75 Å². The van der Waals surface area contributed by atoms with E-state index in [1.807, 2.05) is 49.4 Å². The molecule has 2 amide bonds. The second-order valence-corrected chi connectivity index (χ2v) is 8.54. The summed E-state index contributed by atoms with van der Waals surface area (Å²) in [5.41, 5.74) is 2.63. The van der Waals surface area contributed by atoms with Crippen molar-refractivity contribution in [3.63, 3.8) is 0 Å². The Hall–Kier alpha value is -2.94. The molecule has 2 aromatic carbocycles. The molecule has 5 atom stereocenters. The molecule has 2 aromatic rings. The number of ether oxygens (including phenoxy) is 3. The van der Waals surface area contributed by atoms with Crippen LogP contribution in [0.1, 0.15) is 42.9 Å². The molecule has 8 heteroatoms. The Labute approximate surface area is 193 Å². The molecule has 1 fully saturated rings. The third kappa shape index (κ3) is 5.35. The van der Waals surface area contributed by atoms with Crippen LogP contribution in [0.3, 0.4) is 0 Å². The predicted octanol–water partition coefficient (Wildman–Crippen LogP) is 2.53. The molecular weight excluding hydrogens is 424 g/mol. The predicted molar refractivity (Wildman–Crippen MR) is 122 cm³/mol. The van der Waals surface area contributed by atoms with Crippen LogP contribution in [0.15, 0.2) is 48.5 Å². The fourth-order valence-corrected chi connectivity index (χ4v) is 4.63. The van der Waals surface area contributed by atoms with Crippen molar-refractivity contribution < 1.29 is 28.9 Å². The molecule has 0 saturated carbocycles. The summed E-state index contributed by atoms with van der Waals surface area (Å²) in [5, 5.41) is 15.8. The molecule has 4 rings (SSSR count). The van der Waals surface area contributed by atoms with Crippen molar-refractivity contribution in [2.24, 2.45) is 0 Å². The SMILES string of the molecule is COCC(=O)Nc1ccc2c(c1)[C@@H]1C[C@@H](CC(=O)N[C@H](C)c3ccccc3)O[C@H](CO)[C@@H]1O2. The van der Waals surface area contributed by atoms with Gasteiger partial charge in [0.05, 0.1) is 25.2 Å². The van der Waals surface area contributed by atoms with Crippen molar-refractivity contribution in [3.05, 3.63) is 59.7 Å². The first-order valence-corrected chi connectivity index (χ1v) is 11.2. The summed E-state index contributed by atoms with van der Waals surface area (Å²) in [5.74, 6) is 0.315. The van der Waals surface area contributed by atoms with E-state index in [9.17, 15) is 14.7 Å². The number of carbonyl (C=O) groups excluding carboxylic acids is 2. The molecule has 1 saturated heterocycles. The largest absolute Gasteiger partial charge is 0.487 e. The number of aliphatic hydroxyl groups is 1. The van der Waals surface area contributed by atoms with Crippen LogP contribution in [-0.4, -0.2) is 55.6 Å². The van der Waals surface area contributed by atoms with E-state index in [1.165, 1.54) is 7.11 Å². The summed E-state index contributed by atoms with van der Waals surface area (Å²) in [4.78, 5) is 24.6. The van der Waals surface area contributed by atoms with Crippen molar-refractivity contribution in [1.29, 1.82) is 0 Å². The lowest BCUT2D eigenvalue weighted by molar-refractivity contribution is -0.142. The van der Waals surface area contributed by atoms with Gasteiger partial charge in [-0.05, 0) is 37.1 Å². The molecule has 0 spiro atoms. The normalized spacial score (nSPS) is 24.2. The van der Waals surface area contributed by atoms with Gasteiger partial charge in [0, 0.05) is 24.3 Å². The molecule has 176 valence electrons. The Balaban J connectivity index is 1.44. The van der Waals surface area contributed by atoms with Gasteiger partial charge in [-0.25, -0.2) is 0 Å². The average molecular weight is 455 g/mol. The van der Waals surface area contributed by atoms with Crippen LogP contribution in [0.5, 0.6) is 5.75 Å². The number of aliphatic hydroxyl groups excluding tert-OH is 1. The van der Waals surface area contributed by atoms with Crippen LogP contribution >= 0.6 is 0 Å². The van der Waals surface area contributed by atoms with Gasteiger partial charge < -0.3 is 30.0 Å². The highest BCUT2D eigenvalue weighted by Crippen LogP contribution is 2.47. The number of anilines is 1. The summed E-state index contributed by atoms with van der Waals surface area (Å²) >= 11 is 0. The van der Waals surface area contributed by atoms with Gasteiger partial charge >= 0.3 is 0 Å². The smallest absolute Gasteiger partial charge is 0.250 e. The standard InChI is InChI=1S/C25H30N2O6/c1-15(16-6-4-3-5-7-16)26-23(29)12-18-11-20-19-10-17(27-24(30)14-31-2)8-9-21(19)33-25(20)22(13-28)32-18/h3-10,15,18,20,22,25,28H,11-14H2,1-2H3,(H,26,29)(H,27,30)/t15-,18+,20+,22-,25-/m1/s1. The molecule has 33 heavy (non-hydrogen) atoms. The fourth-order valence-electron chi connectivity index (χ4n) is 4.63. The Morgan fingerprint density at radius 1 is 1.18 bits per heavy atom. The molecule has 0 bridgehead atoms. The maximum Gasteiger partial charge on any atom is 0.250 e. The number of amides is 2. The summed E-state index contributed by atoms with van der Waals surface area (Å²) < 4.78 is 17.0. The zero-order chi connectivity index (χ0) is 23.4. The van der Waals surface area contributed by atoms with Gasteiger partial charge in [-0.2, -0.15) is 0 Å². The van der Waals surface area contributed by atoms with E-state index in [2.05, 4.69) is 10.6 Å². The highest BCUT2D eigenvalue weighted by Gasteiger charge is 2.46. The number of hydrogen-bond donors (Lipinski definition) is 3. The van der Waals surface area contributed by atoms with E-state index in [-0.39, 0.29) is 55.6 Å². The number of methoxy groups -OCH3 is 1. The Morgan fingerprint density at radius 3 is 2.70 bits per heavy atom. The topological polar surface area (TPSA) is 106 Å². The maximum atomic E-state index is 12.7. The van der Waals surface area contributed by atoms with Crippen molar-refractivity contribution in [1.82, 2.24) is 5.32 Å². The quantitative estimate of drug-likeness (QED) is 0.566. The van der Waals surface area contributed by atoms with Gasteiger partial charge in [-0.3, -0.25) is 9.59 Å². The molecule has 0 radical (unpaired) electrons. The van der Waals surface area contributed by atoms with Crippen LogP contribution < -0.4 is 15.4 Å². The van der Waals surface area contributed by atoms with E-state index >= 15 is 0 Å². The highest BCUT2D eigenvalue weighted by atomic mass is 16.6. The number of nitrogens with one attached hydrogen (secondary N) is 2. The number of benzene rings is 2. The van der Waals surface area contributed by atoms with Crippen LogP contribution in [0.4, 0.5) is 5.69 Å². The molecule has 0 aromatic heterocycles. The van der Waals surface area contributed by atoms with Gasteiger partial charge in [0.1, 0.15) is 24.6 Å². The molecule has 8 nitrogen and oxygen atoms in total. The van der Waals surface area contributed by atoms with Crippen LogP contribution in [0.25, 0.3) is 0 Å². The lowest BCUT2D eigenvalue weighted by Crippen LogP contribution is -2.47. The van der Waals surface area contributed by atoms with Crippen molar-refractivity contribution >= 4 is 17.5 Å². The summed E-state index contributed by atoms with van der Waals surface area (Å²) in [6, 6.07) is 15.1. The lowest BCUT2D eigenvalue weighted by atomic mass is 9.84. The third-order valence-electron chi connectivity index (χ3n) is 6.15.